The van der Waals surface area contributed by atoms with Crippen LogP contribution in [-0.2, 0) is 0 Å². The maximum Gasteiger partial charge on any atom is 0.255 e. The second-order valence-electron chi connectivity index (χ2n) is 4.85. The lowest BCUT2D eigenvalue weighted by Crippen LogP contribution is -2.12. The van der Waals surface area contributed by atoms with Gasteiger partial charge in [0.1, 0.15) is 5.15 Å². The largest absolute Gasteiger partial charge is 0.321 e. The number of fused-ring (bicyclic) bond motifs is 1. The molecule has 0 aliphatic rings. The first kappa shape index (κ1) is 13.6. The maximum atomic E-state index is 12.3. The van der Waals surface area contributed by atoms with E-state index in [1.54, 1.807) is 12.3 Å². The van der Waals surface area contributed by atoms with Crippen LogP contribution in [-0.4, -0.2) is 10.9 Å². The molecule has 3 aromatic rings. The lowest BCUT2D eigenvalue weighted by molar-refractivity contribution is 0.102. The highest BCUT2D eigenvalue weighted by molar-refractivity contribution is 6.30. The van der Waals surface area contributed by atoms with Crippen molar-refractivity contribution in [2.24, 2.45) is 0 Å². The number of hydrogen-bond donors (Lipinski definition) is 1. The van der Waals surface area contributed by atoms with Crippen molar-refractivity contribution in [2.45, 2.75) is 6.92 Å². The first-order chi connectivity index (χ1) is 10.1. The SMILES string of the molecule is Cc1cc(NC(=O)c2ccc3ccccc3c2)cnc1Cl. The topological polar surface area (TPSA) is 42.0 Å². The number of hydrogen-bond acceptors (Lipinski definition) is 2. The van der Waals surface area contributed by atoms with Crippen LogP contribution in [0.25, 0.3) is 10.8 Å². The Morgan fingerprint density at radius 2 is 1.86 bits per heavy atom. The van der Waals surface area contributed by atoms with Gasteiger partial charge in [-0.15, -0.1) is 0 Å². The van der Waals surface area contributed by atoms with Crippen molar-refractivity contribution < 1.29 is 4.79 Å². The zero-order valence-corrected chi connectivity index (χ0v) is 12.2. The van der Waals surface area contributed by atoms with Crippen LogP contribution in [0.5, 0.6) is 0 Å². The molecule has 1 N–H and O–H groups in total. The summed E-state index contributed by atoms with van der Waals surface area (Å²) in [5.41, 5.74) is 2.07. The molecule has 0 atom stereocenters. The third kappa shape index (κ3) is 2.88. The zero-order valence-electron chi connectivity index (χ0n) is 11.4. The summed E-state index contributed by atoms with van der Waals surface area (Å²) in [4.78, 5) is 16.3. The maximum absolute atomic E-state index is 12.3. The van der Waals surface area contributed by atoms with Gasteiger partial charge in [-0.3, -0.25) is 4.79 Å². The number of benzene rings is 2. The fourth-order valence-electron chi connectivity index (χ4n) is 2.16. The van der Waals surface area contributed by atoms with E-state index in [1.165, 1.54) is 0 Å². The van der Waals surface area contributed by atoms with Crippen LogP contribution in [0.15, 0.2) is 54.7 Å². The summed E-state index contributed by atoms with van der Waals surface area (Å²) in [6, 6.07) is 15.4. The van der Waals surface area contributed by atoms with E-state index in [0.29, 0.717) is 16.4 Å². The molecule has 3 nitrogen and oxygen atoms in total. The van der Waals surface area contributed by atoms with Gasteiger partial charge in [0, 0.05) is 5.56 Å². The summed E-state index contributed by atoms with van der Waals surface area (Å²) in [6.45, 7) is 1.85. The van der Waals surface area contributed by atoms with Crippen molar-refractivity contribution >= 4 is 34.0 Å². The number of pyridine rings is 1. The molecule has 1 heterocycles. The highest BCUT2D eigenvalue weighted by atomic mass is 35.5. The molecule has 0 bridgehead atoms. The monoisotopic (exact) mass is 296 g/mol. The van der Waals surface area contributed by atoms with E-state index in [-0.39, 0.29) is 5.91 Å². The minimum absolute atomic E-state index is 0.163. The van der Waals surface area contributed by atoms with Gasteiger partial charge >= 0.3 is 0 Å². The number of aryl methyl sites for hydroxylation is 1. The summed E-state index contributed by atoms with van der Waals surface area (Å²) >= 11 is 5.88. The molecule has 0 aliphatic carbocycles. The number of rotatable bonds is 2. The number of nitrogens with one attached hydrogen (secondary N) is 1. The summed E-state index contributed by atoms with van der Waals surface area (Å²) in [5, 5.41) is 5.42. The Morgan fingerprint density at radius 1 is 1.10 bits per heavy atom. The first-order valence-corrected chi connectivity index (χ1v) is 6.93. The van der Waals surface area contributed by atoms with E-state index in [2.05, 4.69) is 10.3 Å². The molecule has 0 fully saturated rings. The fraction of sp³-hybridized carbons (Fsp3) is 0.0588. The van der Waals surface area contributed by atoms with Crippen LogP contribution in [0.4, 0.5) is 5.69 Å². The van der Waals surface area contributed by atoms with Gasteiger partial charge in [-0.05, 0) is 41.5 Å². The van der Waals surface area contributed by atoms with Gasteiger partial charge in [0.2, 0.25) is 0 Å². The molecular formula is C17H13ClN2O. The van der Waals surface area contributed by atoms with Gasteiger partial charge in [-0.25, -0.2) is 4.98 Å². The van der Waals surface area contributed by atoms with E-state index in [9.17, 15) is 4.79 Å². The highest BCUT2D eigenvalue weighted by Gasteiger charge is 2.08. The van der Waals surface area contributed by atoms with Gasteiger partial charge in [0.05, 0.1) is 11.9 Å². The third-order valence-corrected chi connectivity index (χ3v) is 3.68. The van der Waals surface area contributed by atoms with Crippen LogP contribution in [0.3, 0.4) is 0 Å². The molecular weight excluding hydrogens is 284 g/mol. The minimum Gasteiger partial charge on any atom is -0.321 e. The van der Waals surface area contributed by atoms with E-state index in [0.717, 1.165) is 16.3 Å². The van der Waals surface area contributed by atoms with Crippen molar-refractivity contribution in [2.75, 3.05) is 5.32 Å². The van der Waals surface area contributed by atoms with Gasteiger partial charge in [-0.2, -0.15) is 0 Å². The molecule has 2 aromatic carbocycles. The van der Waals surface area contributed by atoms with Gasteiger partial charge < -0.3 is 5.32 Å². The Hall–Kier alpha value is -2.39. The molecule has 4 heteroatoms. The molecule has 1 aromatic heterocycles. The Morgan fingerprint density at radius 3 is 2.62 bits per heavy atom. The second kappa shape index (κ2) is 5.54. The lowest BCUT2D eigenvalue weighted by Gasteiger charge is -2.07. The normalized spacial score (nSPS) is 10.6. The Kier molecular flexibility index (Phi) is 3.59. The number of anilines is 1. The summed E-state index contributed by atoms with van der Waals surface area (Å²) in [5.74, 6) is -0.163. The van der Waals surface area contributed by atoms with Gasteiger partial charge in [-0.1, -0.05) is 41.9 Å². The molecule has 0 radical (unpaired) electrons. The van der Waals surface area contributed by atoms with Crippen LogP contribution in [0.2, 0.25) is 5.15 Å². The molecule has 3 rings (SSSR count). The number of aromatic nitrogens is 1. The number of carbonyl (C=O) groups excluding carboxylic acids is 1. The average Bonchev–Trinajstić information content (AvgIpc) is 2.50. The van der Waals surface area contributed by atoms with E-state index in [4.69, 9.17) is 11.6 Å². The van der Waals surface area contributed by atoms with Gasteiger partial charge in [0.25, 0.3) is 5.91 Å². The third-order valence-electron chi connectivity index (χ3n) is 3.28. The number of carbonyl (C=O) groups is 1. The average molecular weight is 297 g/mol. The predicted molar refractivity (Wildman–Crippen MR) is 85.9 cm³/mol. The molecule has 0 aliphatic heterocycles. The van der Waals surface area contributed by atoms with Crippen molar-refractivity contribution in [3.05, 3.63) is 71.0 Å². The zero-order chi connectivity index (χ0) is 14.8. The van der Waals surface area contributed by atoms with Gasteiger partial charge in [0.15, 0.2) is 0 Å². The Labute approximate surface area is 127 Å². The lowest BCUT2D eigenvalue weighted by atomic mass is 10.1. The van der Waals surface area contributed by atoms with Crippen LogP contribution < -0.4 is 5.32 Å². The minimum atomic E-state index is -0.163. The van der Waals surface area contributed by atoms with Crippen molar-refractivity contribution in [3.8, 4) is 0 Å². The van der Waals surface area contributed by atoms with Crippen molar-refractivity contribution in [1.82, 2.24) is 4.98 Å². The van der Waals surface area contributed by atoms with Crippen LogP contribution in [0.1, 0.15) is 15.9 Å². The highest BCUT2D eigenvalue weighted by Crippen LogP contribution is 2.19. The Bertz CT molecular complexity index is 830. The first-order valence-electron chi connectivity index (χ1n) is 6.56. The summed E-state index contributed by atoms with van der Waals surface area (Å²) in [7, 11) is 0. The van der Waals surface area contributed by atoms with E-state index < -0.39 is 0 Å². The summed E-state index contributed by atoms with van der Waals surface area (Å²) in [6.07, 6.45) is 1.55. The number of amides is 1. The molecule has 0 saturated carbocycles. The molecule has 0 saturated heterocycles. The molecule has 0 unspecified atom stereocenters. The molecule has 104 valence electrons. The van der Waals surface area contributed by atoms with Crippen molar-refractivity contribution in [3.63, 3.8) is 0 Å². The smallest absolute Gasteiger partial charge is 0.255 e. The van der Waals surface area contributed by atoms with E-state index >= 15 is 0 Å². The van der Waals surface area contributed by atoms with Crippen molar-refractivity contribution in [1.29, 1.82) is 0 Å². The predicted octanol–water partition coefficient (Wildman–Crippen LogP) is 4.45. The Balaban J connectivity index is 1.87. The number of halogens is 1. The fourth-order valence-corrected chi connectivity index (χ4v) is 2.26. The van der Waals surface area contributed by atoms with E-state index in [1.807, 2.05) is 49.4 Å². The van der Waals surface area contributed by atoms with Crippen LogP contribution >= 0.6 is 11.6 Å². The molecule has 0 spiro atoms. The quantitative estimate of drug-likeness (QED) is 0.710. The van der Waals surface area contributed by atoms with Crippen LogP contribution in [0, 0.1) is 6.92 Å². The molecule has 21 heavy (non-hydrogen) atoms. The second-order valence-corrected chi connectivity index (χ2v) is 5.21. The standard InChI is InChI=1S/C17H13ClN2O/c1-11-8-15(10-19-16(11)18)20-17(21)14-7-6-12-4-2-3-5-13(12)9-14/h2-10H,1H3,(H,20,21). The summed E-state index contributed by atoms with van der Waals surface area (Å²) < 4.78 is 0. The number of nitrogens with zero attached hydrogens (tertiary/aromatic N) is 1. The molecule has 1 amide bonds.